The number of carbonyl (C=O) groups is 2. The van der Waals surface area contributed by atoms with Gasteiger partial charge in [0.1, 0.15) is 11.3 Å². The molecule has 0 heterocycles. The number of rotatable bonds is 6. The monoisotopic (exact) mass is 417 g/mol. The summed E-state index contributed by atoms with van der Waals surface area (Å²) in [7, 11) is 0. The Hall–Kier alpha value is -3.55. The molecule has 0 spiro atoms. The quantitative estimate of drug-likeness (QED) is 0.623. The van der Waals surface area contributed by atoms with Gasteiger partial charge in [0.15, 0.2) is 5.75 Å². The average Bonchev–Trinajstić information content (AvgIpc) is 2.69. The standard InChI is InChI=1S/C22H18F3NO4/c23-22(24,25)17-12-15(21(28)29)13-18(20(17)30-16-9-5-2-6-10-16)26-19(27)11-14-7-3-1-4-8-14/h2-3,5-10,12-13H,1,4,11H2,(H,26,27)(H,28,29). The molecule has 2 aromatic rings. The van der Waals surface area contributed by atoms with Gasteiger partial charge in [-0.1, -0.05) is 36.4 Å². The Bertz CT molecular complexity index is 1010. The van der Waals surface area contributed by atoms with E-state index >= 15 is 0 Å². The number of para-hydroxylation sites is 1. The van der Waals surface area contributed by atoms with Crippen LogP contribution in [0.1, 0.15) is 35.2 Å². The predicted molar refractivity (Wildman–Crippen MR) is 105 cm³/mol. The van der Waals surface area contributed by atoms with E-state index in [0.29, 0.717) is 6.07 Å². The Morgan fingerprint density at radius 1 is 1.10 bits per heavy atom. The van der Waals surface area contributed by atoms with Crippen molar-refractivity contribution in [3.63, 3.8) is 0 Å². The van der Waals surface area contributed by atoms with Crippen LogP contribution in [0.25, 0.3) is 0 Å². The Kier molecular flexibility index (Phi) is 6.25. The van der Waals surface area contributed by atoms with Gasteiger partial charge < -0.3 is 15.2 Å². The van der Waals surface area contributed by atoms with Gasteiger partial charge in [-0.25, -0.2) is 4.79 Å². The van der Waals surface area contributed by atoms with E-state index in [-0.39, 0.29) is 17.9 Å². The zero-order valence-electron chi connectivity index (χ0n) is 15.7. The molecule has 5 nitrogen and oxygen atoms in total. The Labute approximate surface area is 170 Å². The molecule has 1 aliphatic carbocycles. The summed E-state index contributed by atoms with van der Waals surface area (Å²) in [6.07, 6.45) is 2.22. The molecule has 0 fully saturated rings. The van der Waals surface area contributed by atoms with Gasteiger partial charge in [0.25, 0.3) is 0 Å². The highest BCUT2D eigenvalue weighted by molar-refractivity contribution is 5.97. The first kappa shape index (κ1) is 21.2. The zero-order chi connectivity index (χ0) is 21.7. The molecule has 2 N–H and O–H groups in total. The number of nitrogens with one attached hydrogen (secondary N) is 1. The minimum absolute atomic E-state index is 0.0556. The van der Waals surface area contributed by atoms with E-state index in [2.05, 4.69) is 5.32 Å². The van der Waals surface area contributed by atoms with Crippen molar-refractivity contribution in [2.45, 2.75) is 25.4 Å². The lowest BCUT2D eigenvalue weighted by atomic mass is 10.0. The fourth-order valence-corrected chi connectivity index (χ4v) is 2.95. The lowest BCUT2D eigenvalue weighted by Gasteiger charge is -2.19. The number of aromatic carboxylic acids is 1. The summed E-state index contributed by atoms with van der Waals surface area (Å²) in [5.41, 5.74) is -1.54. The smallest absolute Gasteiger partial charge is 0.420 e. The molecule has 0 bridgehead atoms. The number of carboxylic acids is 1. The first-order valence-corrected chi connectivity index (χ1v) is 9.11. The van der Waals surface area contributed by atoms with E-state index < -0.39 is 34.9 Å². The minimum Gasteiger partial charge on any atom is -0.478 e. The van der Waals surface area contributed by atoms with Crippen molar-refractivity contribution in [2.75, 3.05) is 5.32 Å². The van der Waals surface area contributed by atoms with Gasteiger partial charge in [-0.15, -0.1) is 0 Å². The number of carboxylic acid groups (broad SMARTS) is 1. The second-order valence-corrected chi connectivity index (χ2v) is 6.60. The van der Waals surface area contributed by atoms with Crippen LogP contribution in [0.5, 0.6) is 11.5 Å². The average molecular weight is 417 g/mol. The maximum atomic E-state index is 13.7. The molecule has 2 aromatic carbocycles. The molecule has 0 atom stereocenters. The predicted octanol–water partition coefficient (Wildman–Crippen LogP) is 5.80. The molecule has 1 amide bonds. The first-order chi connectivity index (χ1) is 14.2. The van der Waals surface area contributed by atoms with Crippen LogP contribution >= 0.6 is 0 Å². The van der Waals surface area contributed by atoms with Crippen LogP contribution in [0.15, 0.2) is 66.3 Å². The van der Waals surface area contributed by atoms with Crippen LogP contribution < -0.4 is 10.1 Å². The van der Waals surface area contributed by atoms with Crippen molar-refractivity contribution in [1.29, 1.82) is 0 Å². The summed E-state index contributed by atoms with van der Waals surface area (Å²) in [6, 6.07) is 9.17. The summed E-state index contributed by atoms with van der Waals surface area (Å²) in [6.45, 7) is 0. The molecular weight excluding hydrogens is 399 g/mol. The molecule has 0 aromatic heterocycles. The second kappa shape index (κ2) is 8.86. The number of carbonyl (C=O) groups excluding carboxylic acids is 1. The summed E-state index contributed by atoms with van der Waals surface area (Å²) in [5.74, 6) is -2.69. The third kappa shape index (κ3) is 5.28. The van der Waals surface area contributed by atoms with Crippen LogP contribution in [-0.4, -0.2) is 17.0 Å². The largest absolute Gasteiger partial charge is 0.478 e. The van der Waals surface area contributed by atoms with Gasteiger partial charge in [-0.2, -0.15) is 13.2 Å². The second-order valence-electron chi connectivity index (χ2n) is 6.60. The van der Waals surface area contributed by atoms with E-state index in [0.717, 1.165) is 24.5 Å². The van der Waals surface area contributed by atoms with Gasteiger partial charge in [0.05, 0.1) is 17.7 Å². The van der Waals surface area contributed by atoms with E-state index in [9.17, 15) is 27.9 Å². The molecule has 0 unspecified atom stereocenters. The maximum Gasteiger partial charge on any atom is 0.420 e. The molecular formula is C22H18F3NO4. The summed E-state index contributed by atoms with van der Waals surface area (Å²) in [5, 5.41) is 11.6. The molecule has 1 aliphatic rings. The molecule has 0 radical (unpaired) electrons. The van der Waals surface area contributed by atoms with Crippen molar-refractivity contribution in [3.8, 4) is 11.5 Å². The van der Waals surface area contributed by atoms with Crippen LogP contribution in [-0.2, 0) is 11.0 Å². The number of alkyl halides is 3. The first-order valence-electron chi connectivity index (χ1n) is 9.11. The number of anilines is 1. The number of benzene rings is 2. The van der Waals surface area contributed by atoms with Gasteiger partial charge >= 0.3 is 12.1 Å². The Balaban J connectivity index is 2.02. The third-order valence-electron chi connectivity index (χ3n) is 4.31. The van der Waals surface area contributed by atoms with Crippen molar-refractivity contribution in [1.82, 2.24) is 0 Å². The lowest BCUT2D eigenvalue weighted by molar-refractivity contribution is -0.138. The normalized spacial score (nSPS) is 13.5. The van der Waals surface area contributed by atoms with E-state index in [1.54, 1.807) is 24.3 Å². The fourth-order valence-electron chi connectivity index (χ4n) is 2.95. The lowest BCUT2D eigenvalue weighted by Crippen LogP contribution is -2.16. The van der Waals surface area contributed by atoms with Gasteiger partial charge in [-0.3, -0.25) is 4.79 Å². The van der Waals surface area contributed by atoms with Crippen molar-refractivity contribution >= 4 is 17.6 Å². The number of halogens is 3. The SMILES string of the molecule is O=C(CC1=CCCC=C1)Nc1cc(C(=O)O)cc(C(F)(F)F)c1Oc1ccccc1. The molecule has 30 heavy (non-hydrogen) atoms. The highest BCUT2D eigenvalue weighted by atomic mass is 19.4. The Morgan fingerprint density at radius 2 is 1.83 bits per heavy atom. The van der Waals surface area contributed by atoms with Crippen molar-refractivity contribution in [3.05, 3.63) is 77.4 Å². The highest BCUT2D eigenvalue weighted by Gasteiger charge is 2.37. The van der Waals surface area contributed by atoms with Crippen LogP contribution in [0.3, 0.4) is 0 Å². The van der Waals surface area contributed by atoms with E-state index in [1.165, 1.54) is 12.1 Å². The number of hydrogen-bond donors (Lipinski definition) is 2. The topological polar surface area (TPSA) is 75.6 Å². The number of hydrogen-bond acceptors (Lipinski definition) is 3. The number of amides is 1. The summed E-state index contributed by atoms with van der Waals surface area (Å²) >= 11 is 0. The molecule has 0 saturated carbocycles. The van der Waals surface area contributed by atoms with Gasteiger partial charge in [0, 0.05) is 0 Å². The number of allylic oxidation sites excluding steroid dienone is 3. The summed E-state index contributed by atoms with van der Waals surface area (Å²) < 4.78 is 46.5. The van der Waals surface area contributed by atoms with Gasteiger partial charge in [0.2, 0.25) is 5.91 Å². The highest BCUT2D eigenvalue weighted by Crippen LogP contribution is 2.43. The Morgan fingerprint density at radius 3 is 2.43 bits per heavy atom. The minimum atomic E-state index is -4.90. The maximum absolute atomic E-state index is 13.7. The van der Waals surface area contributed by atoms with Crippen LogP contribution in [0.2, 0.25) is 0 Å². The molecule has 0 saturated heterocycles. The molecule has 3 rings (SSSR count). The van der Waals surface area contributed by atoms with Gasteiger partial charge in [-0.05, 0) is 42.7 Å². The van der Waals surface area contributed by atoms with E-state index in [4.69, 9.17) is 4.74 Å². The molecule has 8 heteroatoms. The third-order valence-corrected chi connectivity index (χ3v) is 4.31. The van der Waals surface area contributed by atoms with Crippen molar-refractivity contribution < 1.29 is 32.6 Å². The molecule has 0 aliphatic heterocycles. The fraction of sp³-hybridized carbons (Fsp3) is 0.182. The van der Waals surface area contributed by atoms with Crippen molar-refractivity contribution in [2.24, 2.45) is 0 Å². The number of ether oxygens (including phenoxy) is 1. The summed E-state index contributed by atoms with van der Waals surface area (Å²) in [4.78, 5) is 23.8. The van der Waals surface area contributed by atoms with E-state index in [1.807, 2.05) is 12.2 Å². The van der Waals surface area contributed by atoms with Crippen LogP contribution in [0.4, 0.5) is 18.9 Å². The zero-order valence-corrected chi connectivity index (χ0v) is 15.7. The van der Waals surface area contributed by atoms with Crippen LogP contribution in [0, 0.1) is 0 Å². The molecule has 156 valence electrons.